The highest BCUT2D eigenvalue weighted by atomic mass is 35.5. The number of nitrogens with zero attached hydrogens (tertiary/aromatic N) is 1. The molecule has 0 aliphatic carbocycles. The first-order chi connectivity index (χ1) is 11.6. The number of hydrogen-bond acceptors (Lipinski definition) is 4. The lowest BCUT2D eigenvalue weighted by molar-refractivity contribution is -0.149. The van der Waals surface area contributed by atoms with Crippen molar-refractivity contribution >= 4 is 29.2 Å². The second-order valence-corrected chi connectivity index (χ2v) is 5.77. The summed E-state index contributed by atoms with van der Waals surface area (Å²) in [5.74, 6) is -0.369. The van der Waals surface area contributed by atoms with Gasteiger partial charge in [0.2, 0.25) is 0 Å². The molecule has 0 atom stereocenters. The van der Waals surface area contributed by atoms with Gasteiger partial charge in [0, 0.05) is 17.3 Å². The Morgan fingerprint density at radius 2 is 1.92 bits per heavy atom. The molecule has 0 aromatic heterocycles. The molecule has 0 bridgehead atoms. The molecule has 6 heteroatoms. The molecule has 2 aromatic carbocycles. The lowest BCUT2D eigenvalue weighted by Crippen LogP contribution is -2.33. The number of carbonyl (C=O) groups excluding carboxylic acids is 2. The van der Waals surface area contributed by atoms with Crippen molar-refractivity contribution in [1.29, 1.82) is 0 Å². The van der Waals surface area contributed by atoms with Gasteiger partial charge in [-0.25, -0.2) is 4.79 Å². The molecule has 124 valence electrons. The maximum atomic E-state index is 12.2. The van der Waals surface area contributed by atoms with Crippen molar-refractivity contribution in [3.63, 3.8) is 0 Å². The van der Waals surface area contributed by atoms with Crippen molar-refractivity contribution in [2.45, 2.75) is 6.42 Å². The fraction of sp³-hybridized carbons (Fsp3) is 0.222. The molecule has 5 nitrogen and oxygen atoms in total. The minimum atomic E-state index is -0.601. The molecule has 1 aliphatic heterocycles. The summed E-state index contributed by atoms with van der Waals surface area (Å²) in [7, 11) is 0. The molecule has 1 amide bonds. The molecule has 3 rings (SSSR count). The second-order valence-electron chi connectivity index (χ2n) is 5.33. The molecular weight excluding hydrogens is 330 g/mol. The van der Waals surface area contributed by atoms with Crippen LogP contribution in [0.4, 0.5) is 5.69 Å². The lowest BCUT2D eigenvalue weighted by Gasteiger charge is -2.17. The quantitative estimate of drug-likeness (QED) is 0.782. The van der Waals surface area contributed by atoms with Crippen LogP contribution >= 0.6 is 11.6 Å². The number of hydrogen-bond donors (Lipinski definition) is 0. The molecule has 0 N–H and O–H groups in total. The van der Waals surface area contributed by atoms with Crippen LogP contribution in [0.5, 0.6) is 5.75 Å². The van der Waals surface area contributed by atoms with E-state index in [1.807, 2.05) is 24.3 Å². The zero-order chi connectivity index (χ0) is 16.9. The van der Waals surface area contributed by atoms with Gasteiger partial charge < -0.3 is 14.4 Å². The van der Waals surface area contributed by atoms with E-state index in [0.717, 1.165) is 17.7 Å². The maximum Gasteiger partial charge on any atom is 0.344 e. The van der Waals surface area contributed by atoms with E-state index in [9.17, 15) is 9.59 Å². The third-order valence-electron chi connectivity index (χ3n) is 3.70. The number of para-hydroxylation sites is 1. The van der Waals surface area contributed by atoms with Gasteiger partial charge in [-0.05, 0) is 36.2 Å². The number of halogens is 1. The summed E-state index contributed by atoms with van der Waals surface area (Å²) < 4.78 is 10.3. The Balaban J connectivity index is 1.47. The lowest BCUT2D eigenvalue weighted by atomic mass is 10.2. The minimum Gasteiger partial charge on any atom is -0.482 e. The smallest absolute Gasteiger partial charge is 0.344 e. The van der Waals surface area contributed by atoms with Crippen molar-refractivity contribution in [3.8, 4) is 5.75 Å². The van der Waals surface area contributed by atoms with E-state index in [0.29, 0.717) is 17.3 Å². The number of esters is 1. The molecule has 0 unspecified atom stereocenters. The van der Waals surface area contributed by atoms with Crippen LogP contribution in [0.3, 0.4) is 0 Å². The number of rotatable bonds is 5. The van der Waals surface area contributed by atoms with Gasteiger partial charge in [-0.3, -0.25) is 4.79 Å². The Kier molecular flexibility index (Phi) is 5.01. The predicted octanol–water partition coefficient (Wildman–Crippen LogP) is 2.85. The van der Waals surface area contributed by atoms with Crippen LogP contribution in [-0.4, -0.2) is 31.6 Å². The van der Waals surface area contributed by atoms with E-state index in [-0.39, 0.29) is 19.1 Å². The highest BCUT2D eigenvalue weighted by Gasteiger charge is 2.24. The van der Waals surface area contributed by atoms with Gasteiger partial charge in [0.25, 0.3) is 5.91 Å². The standard InChI is InChI=1S/C18H16ClNO4/c19-14-5-3-6-15(10-14)23-12-18(22)24-11-17(21)20-9-8-13-4-1-2-7-16(13)20/h1-7,10H,8-9,11-12H2. The number of ether oxygens (including phenoxy) is 2. The van der Waals surface area contributed by atoms with Crippen LogP contribution in [0.25, 0.3) is 0 Å². The molecule has 0 fully saturated rings. The van der Waals surface area contributed by atoms with Crippen LogP contribution < -0.4 is 9.64 Å². The Hall–Kier alpha value is -2.53. The van der Waals surface area contributed by atoms with E-state index in [1.54, 1.807) is 29.2 Å². The normalized spacial score (nSPS) is 12.6. The Morgan fingerprint density at radius 3 is 2.75 bits per heavy atom. The third kappa shape index (κ3) is 3.86. The summed E-state index contributed by atoms with van der Waals surface area (Å²) in [6.07, 6.45) is 0.813. The van der Waals surface area contributed by atoms with Gasteiger partial charge >= 0.3 is 5.97 Å². The Morgan fingerprint density at radius 1 is 1.08 bits per heavy atom. The van der Waals surface area contributed by atoms with Crippen LogP contribution in [0.15, 0.2) is 48.5 Å². The molecule has 1 heterocycles. The van der Waals surface area contributed by atoms with E-state index in [2.05, 4.69) is 0 Å². The predicted molar refractivity (Wildman–Crippen MR) is 90.4 cm³/mol. The highest BCUT2D eigenvalue weighted by molar-refractivity contribution is 6.30. The largest absolute Gasteiger partial charge is 0.482 e. The summed E-state index contributed by atoms with van der Waals surface area (Å²) in [4.78, 5) is 25.6. The van der Waals surface area contributed by atoms with Gasteiger partial charge in [-0.1, -0.05) is 35.9 Å². The molecule has 2 aromatic rings. The van der Waals surface area contributed by atoms with Gasteiger partial charge in [-0.15, -0.1) is 0 Å². The zero-order valence-electron chi connectivity index (χ0n) is 12.9. The van der Waals surface area contributed by atoms with Crippen LogP contribution in [0.2, 0.25) is 5.02 Å². The van der Waals surface area contributed by atoms with Gasteiger partial charge in [0.15, 0.2) is 13.2 Å². The van der Waals surface area contributed by atoms with Crippen molar-refractivity contribution < 1.29 is 19.1 Å². The Bertz CT molecular complexity index is 762. The van der Waals surface area contributed by atoms with E-state index in [1.165, 1.54) is 0 Å². The van der Waals surface area contributed by atoms with Gasteiger partial charge in [0.05, 0.1) is 0 Å². The molecule has 0 spiro atoms. The third-order valence-corrected chi connectivity index (χ3v) is 3.93. The van der Waals surface area contributed by atoms with Crippen molar-refractivity contribution in [1.82, 2.24) is 0 Å². The SMILES string of the molecule is O=C(COc1cccc(Cl)c1)OCC(=O)N1CCc2ccccc21. The number of amides is 1. The highest BCUT2D eigenvalue weighted by Crippen LogP contribution is 2.27. The first-order valence-corrected chi connectivity index (χ1v) is 7.93. The molecule has 0 saturated carbocycles. The molecule has 0 saturated heterocycles. The van der Waals surface area contributed by atoms with Crippen molar-refractivity contribution in [2.24, 2.45) is 0 Å². The first kappa shape index (κ1) is 16.3. The molecular formula is C18H16ClNO4. The van der Waals surface area contributed by atoms with Crippen LogP contribution in [0, 0.1) is 0 Å². The van der Waals surface area contributed by atoms with E-state index in [4.69, 9.17) is 21.1 Å². The number of anilines is 1. The summed E-state index contributed by atoms with van der Waals surface area (Å²) in [6.45, 7) is 0.0328. The summed E-state index contributed by atoms with van der Waals surface area (Å²) in [5, 5.41) is 0.517. The van der Waals surface area contributed by atoms with E-state index >= 15 is 0 Å². The molecule has 1 aliphatic rings. The monoisotopic (exact) mass is 345 g/mol. The summed E-state index contributed by atoms with van der Waals surface area (Å²) in [6, 6.07) is 14.4. The van der Waals surface area contributed by atoms with Crippen LogP contribution in [0.1, 0.15) is 5.56 Å². The fourth-order valence-electron chi connectivity index (χ4n) is 2.56. The van der Waals surface area contributed by atoms with E-state index < -0.39 is 5.97 Å². The number of fused-ring (bicyclic) bond motifs is 1. The fourth-order valence-corrected chi connectivity index (χ4v) is 2.74. The van der Waals surface area contributed by atoms with Crippen molar-refractivity contribution in [2.75, 3.05) is 24.7 Å². The average molecular weight is 346 g/mol. The topological polar surface area (TPSA) is 55.8 Å². The molecule has 0 radical (unpaired) electrons. The average Bonchev–Trinajstić information content (AvgIpc) is 3.02. The number of benzene rings is 2. The zero-order valence-corrected chi connectivity index (χ0v) is 13.7. The van der Waals surface area contributed by atoms with Crippen molar-refractivity contribution in [3.05, 3.63) is 59.1 Å². The maximum absolute atomic E-state index is 12.2. The summed E-state index contributed by atoms with van der Waals surface area (Å²) in [5.41, 5.74) is 2.01. The molecule has 24 heavy (non-hydrogen) atoms. The van der Waals surface area contributed by atoms with Gasteiger partial charge in [0.1, 0.15) is 5.75 Å². The Labute approximate surface area is 144 Å². The van der Waals surface area contributed by atoms with Gasteiger partial charge in [-0.2, -0.15) is 0 Å². The second kappa shape index (κ2) is 7.36. The number of carbonyl (C=O) groups is 2. The summed E-state index contributed by atoms with van der Waals surface area (Å²) >= 11 is 5.83. The first-order valence-electron chi connectivity index (χ1n) is 7.56. The van der Waals surface area contributed by atoms with Crippen LogP contribution in [-0.2, 0) is 20.7 Å². The minimum absolute atomic E-state index is 0.240.